The third-order valence-electron chi connectivity index (χ3n) is 1.02. The molecule has 1 aromatic rings. The highest BCUT2D eigenvalue weighted by Gasteiger charge is 1.81. The third kappa shape index (κ3) is 3.03. The number of hydrogen-bond donors (Lipinski definition) is 1. The Bertz CT molecular complexity index is 274. The van der Waals surface area contributed by atoms with Gasteiger partial charge in [0.1, 0.15) is 0 Å². The Labute approximate surface area is 70.0 Å². The molecule has 1 rings (SSSR count). The highest BCUT2D eigenvalue weighted by molar-refractivity contribution is 7.10. The maximum absolute atomic E-state index is 8.37. The van der Waals surface area contributed by atoms with E-state index in [9.17, 15) is 0 Å². The van der Waals surface area contributed by atoms with Gasteiger partial charge in [-0.3, -0.25) is 0 Å². The minimum absolute atomic E-state index is 0.0547. The van der Waals surface area contributed by atoms with Gasteiger partial charge in [0.15, 0.2) is 0 Å². The minimum atomic E-state index is 0.0547. The van der Waals surface area contributed by atoms with Crippen molar-refractivity contribution in [3.8, 4) is 11.8 Å². The summed E-state index contributed by atoms with van der Waals surface area (Å²) in [4.78, 5) is 1.05. The lowest BCUT2D eigenvalue weighted by molar-refractivity contribution is 0.343. The average molecular weight is 164 g/mol. The molecule has 2 heteroatoms. The van der Waals surface area contributed by atoms with E-state index in [0.29, 0.717) is 0 Å². The van der Waals surface area contributed by atoms with Crippen LogP contribution in [0.2, 0.25) is 0 Å². The smallest absolute Gasteiger partial charge is 0.0771 e. The summed E-state index contributed by atoms with van der Waals surface area (Å²) in [5.74, 6) is 5.74. The molecule has 0 spiro atoms. The van der Waals surface area contributed by atoms with Gasteiger partial charge in [0.2, 0.25) is 0 Å². The summed E-state index contributed by atoms with van der Waals surface area (Å²) in [5.41, 5.74) is 0. The lowest BCUT2D eigenvalue weighted by atomic mass is 10.4. The van der Waals surface area contributed by atoms with Crippen molar-refractivity contribution in [3.05, 3.63) is 34.5 Å². The molecule has 0 radical (unpaired) electrons. The molecule has 1 aromatic heterocycles. The van der Waals surface area contributed by atoms with Crippen LogP contribution in [0.25, 0.3) is 0 Å². The van der Waals surface area contributed by atoms with Crippen molar-refractivity contribution in [2.45, 2.75) is 0 Å². The first-order chi connectivity index (χ1) is 5.43. The van der Waals surface area contributed by atoms with Crippen LogP contribution < -0.4 is 0 Å². The van der Waals surface area contributed by atoms with Crippen LogP contribution in [0.3, 0.4) is 0 Å². The Hall–Kier alpha value is -1.04. The quantitative estimate of drug-likeness (QED) is 0.626. The lowest BCUT2D eigenvalue weighted by Gasteiger charge is -1.73. The van der Waals surface area contributed by atoms with Crippen LogP contribution in [0.1, 0.15) is 4.88 Å². The van der Waals surface area contributed by atoms with Gasteiger partial charge in [0.25, 0.3) is 0 Å². The summed E-state index contributed by atoms with van der Waals surface area (Å²) in [6.07, 6.45) is 3.26. The van der Waals surface area contributed by atoms with Gasteiger partial charge in [-0.2, -0.15) is 0 Å². The zero-order valence-electron chi connectivity index (χ0n) is 5.95. The number of aliphatic hydroxyl groups is 1. The standard InChI is InChI=1S/C9H8OS/c10-7-3-1-2-5-9-6-4-8-11-9/h1,3-4,6,8,10H,7H2. The molecular formula is C9H8OS. The first kappa shape index (κ1) is 8.06. The molecule has 56 valence electrons. The van der Waals surface area contributed by atoms with E-state index < -0.39 is 0 Å². The molecule has 0 saturated heterocycles. The Morgan fingerprint density at radius 1 is 1.64 bits per heavy atom. The second kappa shape index (κ2) is 4.73. The molecule has 1 heterocycles. The molecule has 0 amide bonds. The number of thiophene rings is 1. The Balaban J connectivity index is 2.52. The van der Waals surface area contributed by atoms with Crippen LogP contribution in [-0.2, 0) is 0 Å². The third-order valence-corrected chi connectivity index (χ3v) is 1.81. The largest absolute Gasteiger partial charge is 0.392 e. The summed E-state index contributed by atoms with van der Waals surface area (Å²) in [6.45, 7) is 0.0547. The molecule has 0 aromatic carbocycles. The summed E-state index contributed by atoms with van der Waals surface area (Å²) >= 11 is 1.61. The Kier molecular flexibility index (Phi) is 3.46. The molecule has 11 heavy (non-hydrogen) atoms. The first-order valence-corrected chi connectivity index (χ1v) is 4.12. The van der Waals surface area contributed by atoms with E-state index in [0.717, 1.165) is 4.88 Å². The summed E-state index contributed by atoms with van der Waals surface area (Å²) in [6, 6.07) is 3.93. The van der Waals surface area contributed by atoms with Crippen molar-refractivity contribution in [2.75, 3.05) is 6.61 Å². The van der Waals surface area contributed by atoms with Crippen molar-refractivity contribution >= 4 is 11.3 Å². The number of allylic oxidation sites excluding steroid dienone is 1. The second-order valence-electron chi connectivity index (χ2n) is 1.83. The zero-order chi connectivity index (χ0) is 7.94. The predicted molar refractivity (Wildman–Crippen MR) is 47.4 cm³/mol. The van der Waals surface area contributed by atoms with E-state index in [-0.39, 0.29) is 6.61 Å². The van der Waals surface area contributed by atoms with Gasteiger partial charge >= 0.3 is 0 Å². The van der Waals surface area contributed by atoms with Gasteiger partial charge < -0.3 is 5.11 Å². The fraction of sp³-hybridized carbons (Fsp3) is 0.111. The van der Waals surface area contributed by atoms with Gasteiger partial charge in [-0.15, -0.1) is 11.3 Å². The molecule has 0 saturated carbocycles. The first-order valence-electron chi connectivity index (χ1n) is 3.24. The molecule has 0 aliphatic heterocycles. The Morgan fingerprint density at radius 3 is 3.18 bits per heavy atom. The van der Waals surface area contributed by atoms with E-state index in [1.165, 1.54) is 0 Å². The number of rotatable bonds is 1. The lowest BCUT2D eigenvalue weighted by Crippen LogP contribution is -1.67. The van der Waals surface area contributed by atoms with Crippen LogP contribution in [0.15, 0.2) is 29.7 Å². The van der Waals surface area contributed by atoms with Crippen LogP contribution >= 0.6 is 11.3 Å². The minimum Gasteiger partial charge on any atom is -0.392 e. The van der Waals surface area contributed by atoms with Gasteiger partial charge in [-0.05, 0) is 17.5 Å². The highest BCUT2D eigenvalue weighted by atomic mass is 32.1. The van der Waals surface area contributed by atoms with Crippen molar-refractivity contribution in [1.29, 1.82) is 0 Å². The molecule has 0 unspecified atom stereocenters. The van der Waals surface area contributed by atoms with Gasteiger partial charge in [-0.1, -0.05) is 24.0 Å². The highest BCUT2D eigenvalue weighted by Crippen LogP contribution is 2.05. The van der Waals surface area contributed by atoms with Crippen molar-refractivity contribution < 1.29 is 5.11 Å². The molecule has 0 atom stereocenters. The van der Waals surface area contributed by atoms with Gasteiger partial charge in [0.05, 0.1) is 11.5 Å². The van der Waals surface area contributed by atoms with E-state index in [1.54, 1.807) is 23.5 Å². The summed E-state index contributed by atoms with van der Waals surface area (Å²) in [5, 5.41) is 10.4. The maximum Gasteiger partial charge on any atom is 0.0771 e. The van der Waals surface area contributed by atoms with Crippen molar-refractivity contribution in [1.82, 2.24) is 0 Å². The van der Waals surface area contributed by atoms with E-state index in [2.05, 4.69) is 11.8 Å². The Morgan fingerprint density at radius 2 is 2.55 bits per heavy atom. The summed E-state index contributed by atoms with van der Waals surface area (Å²) < 4.78 is 0. The molecule has 0 aliphatic rings. The fourth-order valence-corrected chi connectivity index (χ4v) is 1.15. The predicted octanol–water partition coefficient (Wildman–Crippen LogP) is 1.65. The van der Waals surface area contributed by atoms with Crippen LogP contribution in [0, 0.1) is 11.8 Å². The number of aliphatic hydroxyl groups excluding tert-OH is 1. The van der Waals surface area contributed by atoms with Crippen LogP contribution in [0.5, 0.6) is 0 Å². The molecular weight excluding hydrogens is 156 g/mol. The van der Waals surface area contributed by atoms with Crippen LogP contribution in [-0.4, -0.2) is 11.7 Å². The molecule has 1 N–H and O–H groups in total. The molecule has 1 nitrogen and oxygen atoms in total. The van der Waals surface area contributed by atoms with Crippen molar-refractivity contribution in [2.24, 2.45) is 0 Å². The SMILES string of the molecule is OCC=CC#Cc1cccs1. The van der Waals surface area contributed by atoms with Crippen LogP contribution in [0.4, 0.5) is 0 Å². The van der Waals surface area contributed by atoms with E-state index in [1.807, 2.05) is 17.5 Å². The van der Waals surface area contributed by atoms with Crippen molar-refractivity contribution in [3.63, 3.8) is 0 Å². The maximum atomic E-state index is 8.37. The second-order valence-corrected chi connectivity index (χ2v) is 2.78. The topological polar surface area (TPSA) is 20.2 Å². The normalized spacial score (nSPS) is 9.55. The summed E-state index contributed by atoms with van der Waals surface area (Å²) in [7, 11) is 0. The average Bonchev–Trinajstić information content (AvgIpc) is 2.50. The van der Waals surface area contributed by atoms with E-state index in [4.69, 9.17) is 5.11 Å². The molecule has 0 fully saturated rings. The zero-order valence-corrected chi connectivity index (χ0v) is 6.77. The monoisotopic (exact) mass is 164 g/mol. The van der Waals surface area contributed by atoms with Gasteiger partial charge in [0, 0.05) is 0 Å². The molecule has 0 bridgehead atoms. The number of hydrogen-bond acceptors (Lipinski definition) is 2. The molecule has 0 aliphatic carbocycles. The van der Waals surface area contributed by atoms with Gasteiger partial charge in [-0.25, -0.2) is 0 Å². The fourth-order valence-electron chi connectivity index (χ4n) is 0.574. The van der Waals surface area contributed by atoms with E-state index >= 15 is 0 Å².